The lowest BCUT2D eigenvalue weighted by molar-refractivity contribution is 0.0951. The zero-order chi connectivity index (χ0) is 22.9. The number of nitrogens with zero attached hydrogens (tertiary/aromatic N) is 4. The van der Waals surface area contributed by atoms with Gasteiger partial charge in [-0.2, -0.15) is 0 Å². The van der Waals surface area contributed by atoms with Gasteiger partial charge in [-0.25, -0.2) is 9.97 Å². The van der Waals surface area contributed by atoms with E-state index >= 15 is 0 Å². The summed E-state index contributed by atoms with van der Waals surface area (Å²) in [6, 6.07) is 11.9. The third-order valence-corrected chi connectivity index (χ3v) is 6.34. The Bertz CT molecular complexity index is 1310. The number of pyridine rings is 1. The molecule has 8 nitrogen and oxygen atoms in total. The SMILES string of the molecule is O=C(NC1CC1)c1ccc(-c2cnc3c(NCC4CCCO4)nc(-c4ccncc4)cn23)cc1. The average Bonchev–Trinajstić information content (AvgIpc) is 3.35. The molecule has 1 amide bonds. The molecule has 1 saturated heterocycles. The van der Waals surface area contributed by atoms with Crippen LogP contribution in [-0.2, 0) is 4.74 Å². The maximum absolute atomic E-state index is 12.4. The fraction of sp³-hybridized carbons (Fsp3) is 0.308. The van der Waals surface area contributed by atoms with Crippen molar-refractivity contribution < 1.29 is 9.53 Å². The number of carbonyl (C=O) groups excluding carboxylic acids is 1. The molecule has 2 N–H and O–H groups in total. The fourth-order valence-electron chi connectivity index (χ4n) is 4.29. The van der Waals surface area contributed by atoms with Crippen molar-refractivity contribution in [3.63, 3.8) is 0 Å². The van der Waals surface area contributed by atoms with Gasteiger partial charge in [-0.3, -0.25) is 14.2 Å². The first-order chi connectivity index (χ1) is 16.7. The Balaban J connectivity index is 1.36. The summed E-state index contributed by atoms with van der Waals surface area (Å²) in [6.07, 6.45) is 11.9. The highest BCUT2D eigenvalue weighted by Gasteiger charge is 2.24. The Morgan fingerprint density at radius 2 is 1.88 bits per heavy atom. The van der Waals surface area contributed by atoms with Gasteiger partial charge in [0, 0.05) is 54.5 Å². The van der Waals surface area contributed by atoms with Gasteiger partial charge in [-0.15, -0.1) is 0 Å². The van der Waals surface area contributed by atoms with E-state index < -0.39 is 0 Å². The molecule has 0 radical (unpaired) electrons. The van der Waals surface area contributed by atoms with Crippen LogP contribution in [0.1, 0.15) is 36.0 Å². The lowest BCUT2D eigenvalue weighted by Crippen LogP contribution is -2.25. The molecule has 8 heteroatoms. The molecule has 2 fully saturated rings. The predicted octanol–water partition coefficient (Wildman–Crippen LogP) is 3.94. The molecule has 2 aliphatic rings. The van der Waals surface area contributed by atoms with Gasteiger partial charge in [0.25, 0.3) is 5.91 Å². The highest BCUT2D eigenvalue weighted by molar-refractivity contribution is 5.95. The van der Waals surface area contributed by atoms with E-state index in [9.17, 15) is 4.79 Å². The summed E-state index contributed by atoms with van der Waals surface area (Å²) >= 11 is 0. The Morgan fingerprint density at radius 1 is 1.06 bits per heavy atom. The second-order valence-electron chi connectivity index (χ2n) is 8.89. The van der Waals surface area contributed by atoms with Crippen LogP contribution in [0.4, 0.5) is 5.82 Å². The van der Waals surface area contributed by atoms with Crippen molar-refractivity contribution in [3.05, 3.63) is 66.7 Å². The van der Waals surface area contributed by atoms with Crippen LogP contribution >= 0.6 is 0 Å². The monoisotopic (exact) mass is 454 g/mol. The molecule has 1 aliphatic carbocycles. The van der Waals surface area contributed by atoms with E-state index in [4.69, 9.17) is 9.72 Å². The molecule has 1 aromatic carbocycles. The Kier molecular flexibility index (Phi) is 5.43. The smallest absolute Gasteiger partial charge is 0.251 e. The molecule has 172 valence electrons. The maximum Gasteiger partial charge on any atom is 0.251 e. The van der Waals surface area contributed by atoms with E-state index in [0.29, 0.717) is 18.2 Å². The molecule has 34 heavy (non-hydrogen) atoms. The van der Waals surface area contributed by atoms with E-state index in [1.54, 1.807) is 12.4 Å². The van der Waals surface area contributed by atoms with Crippen molar-refractivity contribution in [1.82, 2.24) is 24.7 Å². The van der Waals surface area contributed by atoms with Crippen molar-refractivity contribution in [3.8, 4) is 22.5 Å². The number of imidazole rings is 1. The second kappa shape index (κ2) is 8.87. The third-order valence-electron chi connectivity index (χ3n) is 6.34. The number of ether oxygens (including phenoxy) is 1. The van der Waals surface area contributed by atoms with Crippen LogP contribution in [0.3, 0.4) is 0 Å². The molecule has 1 aliphatic heterocycles. The van der Waals surface area contributed by atoms with Gasteiger partial charge in [0.2, 0.25) is 0 Å². The van der Waals surface area contributed by atoms with Gasteiger partial charge in [0.1, 0.15) is 0 Å². The summed E-state index contributed by atoms with van der Waals surface area (Å²) in [7, 11) is 0. The molecule has 1 saturated carbocycles. The summed E-state index contributed by atoms with van der Waals surface area (Å²) < 4.78 is 7.83. The molecule has 4 aromatic rings. The zero-order valence-corrected chi connectivity index (χ0v) is 18.8. The number of hydrogen-bond acceptors (Lipinski definition) is 6. The molecular formula is C26H26N6O2. The third kappa shape index (κ3) is 4.24. The topological polar surface area (TPSA) is 93.4 Å². The Morgan fingerprint density at radius 3 is 2.62 bits per heavy atom. The fourth-order valence-corrected chi connectivity index (χ4v) is 4.29. The molecular weight excluding hydrogens is 428 g/mol. The molecule has 0 spiro atoms. The minimum absolute atomic E-state index is 0.0167. The molecule has 0 bridgehead atoms. The Hall–Kier alpha value is -3.78. The number of rotatable bonds is 7. The van der Waals surface area contributed by atoms with Gasteiger partial charge in [-0.05, 0) is 49.9 Å². The number of aromatic nitrogens is 4. The zero-order valence-electron chi connectivity index (χ0n) is 18.8. The summed E-state index contributed by atoms with van der Waals surface area (Å²) in [6.45, 7) is 1.50. The quantitative estimate of drug-likeness (QED) is 0.439. The van der Waals surface area contributed by atoms with Crippen LogP contribution in [0.15, 0.2) is 61.2 Å². The predicted molar refractivity (Wildman–Crippen MR) is 130 cm³/mol. The molecule has 6 rings (SSSR count). The first-order valence-corrected chi connectivity index (χ1v) is 11.8. The van der Waals surface area contributed by atoms with Gasteiger partial charge >= 0.3 is 0 Å². The first kappa shape index (κ1) is 20.8. The van der Waals surface area contributed by atoms with Crippen LogP contribution in [0.25, 0.3) is 28.2 Å². The van der Waals surface area contributed by atoms with Gasteiger partial charge in [-0.1, -0.05) is 12.1 Å². The molecule has 1 atom stereocenters. The first-order valence-electron chi connectivity index (χ1n) is 11.8. The second-order valence-corrected chi connectivity index (χ2v) is 8.89. The van der Waals surface area contributed by atoms with Gasteiger partial charge in [0.05, 0.1) is 23.7 Å². The number of hydrogen-bond donors (Lipinski definition) is 2. The number of carbonyl (C=O) groups is 1. The van der Waals surface area contributed by atoms with Crippen molar-refractivity contribution in [1.29, 1.82) is 0 Å². The van der Waals surface area contributed by atoms with E-state index in [0.717, 1.165) is 66.3 Å². The highest BCUT2D eigenvalue weighted by atomic mass is 16.5. The number of amides is 1. The van der Waals surface area contributed by atoms with Crippen molar-refractivity contribution >= 4 is 17.4 Å². The minimum atomic E-state index is -0.0167. The molecule has 1 unspecified atom stereocenters. The minimum Gasteiger partial charge on any atom is -0.376 e. The van der Waals surface area contributed by atoms with E-state index in [1.807, 2.05) is 48.8 Å². The van der Waals surface area contributed by atoms with Crippen LogP contribution in [-0.4, -0.2) is 50.6 Å². The number of anilines is 1. The van der Waals surface area contributed by atoms with Crippen LogP contribution in [0, 0.1) is 0 Å². The van der Waals surface area contributed by atoms with E-state index in [1.165, 1.54) is 0 Å². The normalized spacial score (nSPS) is 17.7. The number of fused-ring (bicyclic) bond motifs is 1. The van der Waals surface area contributed by atoms with E-state index in [-0.39, 0.29) is 12.0 Å². The van der Waals surface area contributed by atoms with Gasteiger partial charge < -0.3 is 15.4 Å². The average molecular weight is 455 g/mol. The highest BCUT2D eigenvalue weighted by Crippen LogP contribution is 2.28. The summed E-state index contributed by atoms with van der Waals surface area (Å²) in [5, 5.41) is 6.50. The Labute approximate surface area is 197 Å². The van der Waals surface area contributed by atoms with Crippen LogP contribution in [0.2, 0.25) is 0 Å². The summed E-state index contributed by atoms with van der Waals surface area (Å²) in [5.74, 6) is 0.702. The summed E-state index contributed by atoms with van der Waals surface area (Å²) in [4.78, 5) is 26.1. The van der Waals surface area contributed by atoms with Crippen molar-refractivity contribution in [2.75, 3.05) is 18.5 Å². The number of nitrogens with one attached hydrogen (secondary N) is 2. The number of benzene rings is 1. The lowest BCUT2D eigenvalue weighted by atomic mass is 10.1. The molecule has 4 heterocycles. The lowest BCUT2D eigenvalue weighted by Gasteiger charge is -2.14. The van der Waals surface area contributed by atoms with Gasteiger partial charge in [0.15, 0.2) is 11.5 Å². The van der Waals surface area contributed by atoms with Crippen molar-refractivity contribution in [2.45, 2.75) is 37.8 Å². The van der Waals surface area contributed by atoms with Crippen LogP contribution in [0.5, 0.6) is 0 Å². The van der Waals surface area contributed by atoms with Crippen LogP contribution < -0.4 is 10.6 Å². The molecule has 3 aromatic heterocycles. The maximum atomic E-state index is 12.4. The largest absolute Gasteiger partial charge is 0.376 e. The standard InChI is InChI=1S/C26H26N6O2/c33-26(30-20-7-8-20)19-5-3-18(4-6-19)23-15-29-25-24(28-14-21-2-1-13-34-21)31-22(16-32(23)25)17-9-11-27-12-10-17/h3-6,9-12,15-16,20-21H,1-2,7-8,13-14H2,(H,28,31)(H,30,33). The van der Waals surface area contributed by atoms with Crippen molar-refractivity contribution in [2.24, 2.45) is 0 Å². The van der Waals surface area contributed by atoms with E-state index in [2.05, 4.69) is 25.0 Å². The summed E-state index contributed by atoms with van der Waals surface area (Å²) in [5.41, 5.74) is 5.13.